The van der Waals surface area contributed by atoms with Gasteiger partial charge in [-0.1, -0.05) is 17.3 Å². The fourth-order valence-electron chi connectivity index (χ4n) is 2.92. The largest absolute Gasteiger partial charge is 0.497 e. The van der Waals surface area contributed by atoms with Gasteiger partial charge in [-0.15, -0.1) is 5.10 Å². The van der Waals surface area contributed by atoms with Crippen molar-refractivity contribution >= 4 is 5.91 Å². The number of rotatable bonds is 6. The fraction of sp³-hybridized carbons (Fsp3) is 0.250. The Morgan fingerprint density at radius 1 is 1.13 bits per heavy atom. The number of benzene rings is 2. The zero-order valence-electron chi connectivity index (χ0n) is 16.4. The fourth-order valence-corrected chi connectivity index (χ4v) is 2.92. The van der Waals surface area contributed by atoms with Crippen LogP contribution in [-0.2, 0) is 6.18 Å². The van der Waals surface area contributed by atoms with E-state index in [1.165, 1.54) is 32.4 Å². The Hall–Kier alpha value is -3.56. The molecule has 0 radical (unpaired) electrons. The molecule has 0 bridgehead atoms. The molecule has 158 valence electrons. The average Bonchev–Trinajstić information content (AvgIpc) is 3.23. The Morgan fingerprint density at radius 3 is 2.53 bits per heavy atom. The smallest absolute Gasteiger partial charge is 0.418 e. The number of halogens is 3. The molecule has 2 aromatic carbocycles. The van der Waals surface area contributed by atoms with E-state index in [-0.39, 0.29) is 11.4 Å². The van der Waals surface area contributed by atoms with Crippen LogP contribution < -0.4 is 14.8 Å². The Morgan fingerprint density at radius 2 is 1.87 bits per heavy atom. The predicted molar refractivity (Wildman–Crippen MR) is 102 cm³/mol. The molecule has 7 nitrogen and oxygen atoms in total. The summed E-state index contributed by atoms with van der Waals surface area (Å²) >= 11 is 0. The number of carbonyl (C=O) groups excluding carboxylic acids is 1. The molecular formula is C20H19F3N4O3. The monoisotopic (exact) mass is 420 g/mol. The number of carbonyl (C=O) groups is 1. The van der Waals surface area contributed by atoms with E-state index in [0.29, 0.717) is 17.1 Å². The quantitative estimate of drug-likeness (QED) is 0.657. The van der Waals surface area contributed by atoms with Crippen LogP contribution in [0.2, 0.25) is 0 Å². The molecule has 0 spiro atoms. The van der Waals surface area contributed by atoms with E-state index in [2.05, 4.69) is 15.6 Å². The molecule has 3 rings (SSSR count). The van der Waals surface area contributed by atoms with E-state index in [1.54, 1.807) is 25.1 Å². The topological polar surface area (TPSA) is 78.3 Å². The third-order valence-corrected chi connectivity index (χ3v) is 4.43. The van der Waals surface area contributed by atoms with Gasteiger partial charge in [-0.2, -0.15) is 13.2 Å². The van der Waals surface area contributed by atoms with Crippen LogP contribution >= 0.6 is 0 Å². The number of ether oxygens (including phenoxy) is 2. The first kappa shape index (κ1) is 21.2. The molecule has 1 atom stereocenters. The first-order valence-corrected chi connectivity index (χ1v) is 8.86. The Labute approximate surface area is 170 Å². The van der Waals surface area contributed by atoms with Crippen molar-refractivity contribution in [3.8, 4) is 17.2 Å². The normalized spacial score (nSPS) is 12.3. The van der Waals surface area contributed by atoms with Crippen LogP contribution in [-0.4, -0.2) is 35.1 Å². The van der Waals surface area contributed by atoms with Crippen molar-refractivity contribution in [2.75, 3.05) is 14.2 Å². The summed E-state index contributed by atoms with van der Waals surface area (Å²) in [4.78, 5) is 12.6. The highest BCUT2D eigenvalue weighted by molar-refractivity contribution is 5.92. The summed E-state index contributed by atoms with van der Waals surface area (Å²) in [5.41, 5.74) is -0.559. The van der Waals surface area contributed by atoms with E-state index >= 15 is 0 Å². The third kappa shape index (κ3) is 4.37. The zero-order valence-corrected chi connectivity index (χ0v) is 16.4. The van der Waals surface area contributed by atoms with Gasteiger partial charge >= 0.3 is 6.18 Å². The maximum atomic E-state index is 13.2. The number of amides is 1. The minimum absolute atomic E-state index is 0.124. The highest BCUT2D eigenvalue weighted by Gasteiger charge is 2.34. The number of methoxy groups -OCH3 is 2. The second-order valence-electron chi connectivity index (χ2n) is 6.37. The Balaban J connectivity index is 1.83. The molecule has 1 aromatic heterocycles. The predicted octanol–water partition coefficient (Wildman–Crippen LogP) is 3.79. The number of nitrogens with one attached hydrogen (secondary N) is 1. The highest BCUT2D eigenvalue weighted by Crippen LogP contribution is 2.33. The third-order valence-electron chi connectivity index (χ3n) is 4.43. The lowest BCUT2D eigenvalue weighted by Crippen LogP contribution is -2.27. The molecule has 1 amide bonds. The van der Waals surface area contributed by atoms with Gasteiger partial charge in [0.1, 0.15) is 11.5 Å². The zero-order chi connectivity index (χ0) is 21.9. The molecule has 0 aliphatic rings. The second kappa shape index (κ2) is 8.44. The van der Waals surface area contributed by atoms with Crippen LogP contribution in [0.3, 0.4) is 0 Å². The molecule has 0 fully saturated rings. The van der Waals surface area contributed by atoms with Crippen LogP contribution in [0.15, 0.2) is 48.7 Å². The molecule has 3 aromatic rings. The van der Waals surface area contributed by atoms with Gasteiger partial charge in [0.2, 0.25) is 0 Å². The van der Waals surface area contributed by atoms with Gasteiger partial charge in [-0.3, -0.25) is 4.79 Å². The van der Waals surface area contributed by atoms with Gasteiger partial charge in [0.05, 0.1) is 37.7 Å². The Bertz CT molecular complexity index is 1050. The molecule has 0 saturated carbocycles. The number of alkyl halides is 3. The van der Waals surface area contributed by atoms with Gasteiger partial charge < -0.3 is 14.8 Å². The minimum atomic E-state index is -4.57. The van der Waals surface area contributed by atoms with E-state index in [9.17, 15) is 18.0 Å². The van der Waals surface area contributed by atoms with Gasteiger partial charge in [-0.05, 0) is 37.3 Å². The van der Waals surface area contributed by atoms with Crippen LogP contribution in [0.5, 0.6) is 11.5 Å². The SMILES string of the molecule is COc1ccc(OC)c([C@@H](C)NC(=O)c2cn(-c3ccccc3C(F)(F)F)nn2)c1. The summed E-state index contributed by atoms with van der Waals surface area (Å²) in [5, 5.41) is 10.1. The van der Waals surface area contributed by atoms with Crippen molar-refractivity contribution in [3.05, 3.63) is 65.5 Å². The van der Waals surface area contributed by atoms with Crippen molar-refractivity contribution in [1.82, 2.24) is 20.3 Å². The second-order valence-corrected chi connectivity index (χ2v) is 6.37. The summed E-state index contributed by atoms with van der Waals surface area (Å²) in [6.07, 6.45) is -3.42. The number of nitrogens with zero attached hydrogens (tertiary/aromatic N) is 3. The molecule has 0 aliphatic heterocycles. The minimum Gasteiger partial charge on any atom is -0.497 e. The highest BCUT2D eigenvalue weighted by atomic mass is 19.4. The van der Waals surface area contributed by atoms with E-state index in [4.69, 9.17) is 9.47 Å². The van der Waals surface area contributed by atoms with Crippen molar-refractivity contribution in [2.45, 2.75) is 19.1 Å². The molecular weight excluding hydrogens is 401 g/mol. The molecule has 0 unspecified atom stereocenters. The van der Waals surface area contributed by atoms with Crippen LogP contribution in [0.4, 0.5) is 13.2 Å². The van der Waals surface area contributed by atoms with Crippen LogP contribution in [0, 0.1) is 0 Å². The van der Waals surface area contributed by atoms with Gasteiger partial charge in [0.25, 0.3) is 5.91 Å². The van der Waals surface area contributed by atoms with Crippen molar-refractivity contribution in [1.29, 1.82) is 0 Å². The first-order valence-electron chi connectivity index (χ1n) is 8.86. The first-order chi connectivity index (χ1) is 14.2. The number of aromatic nitrogens is 3. The van der Waals surface area contributed by atoms with Crippen LogP contribution in [0.25, 0.3) is 5.69 Å². The number of para-hydroxylation sites is 1. The molecule has 10 heteroatoms. The van der Waals surface area contributed by atoms with Crippen molar-refractivity contribution < 1.29 is 27.4 Å². The van der Waals surface area contributed by atoms with Crippen molar-refractivity contribution in [2.24, 2.45) is 0 Å². The van der Waals surface area contributed by atoms with Gasteiger partial charge in [-0.25, -0.2) is 4.68 Å². The number of hydrogen-bond donors (Lipinski definition) is 1. The van der Waals surface area contributed by atoms with E-state index in [0.717, 1.165) is 16.9 Å². The lowest BCUT2D eigenvalue weighted by Gasteiger charge is -2.17. The maximum absolute atomic E-state index is 13.2. The molecule has 0 aliphatic carbocycles. The molecule has 30 heavy (non-hydrogen) atoms. The maximum Gasteiger partial charge on any atom is 0.418 e. The van der Waals surface area contributed by atoms with Gasteiger partial charge in [0.15, 0.2) is 5.69 Å². The average molecular weight is 420 g/mol. The molecule has 1 heterocycles. The molecule has 0 saturated heterocycles. The lowest BCUT2D eigenvalue weighted by atomic mass is 10.1. The standard InChI is InChI=1S/C20H19F3N4O3/c1-12(14-10-13(29-2)8-9-18(14)30-3)24-19(28)16-11-27(26-25-16)17-7-5-4-6-15(17)20(21,22)23/h4-12H,1-3H3,(H,24,28)/t12-/m1/s1. The summed E-state index contributed by atoms with van der Waals surface area (Å²) < 4.78 is 51.1. The Kier molecular flexibility index (Phi) is 5.95. The number of hydrogen-bond acceptors (Lipinski definition) is 5. The molecule has 1 N–H and O–H groups in total. The summed E-state index contributed by atoms with van der Waals surface area (Å²) in [5.74, 6) is 0.538. The lowest BCUT2D eigenvalue weighted by molar-refractivity contribution is -0.137. The summed E-state index contributed by atoms with van der Waals surface area (Å²) in [6, 6.07) is 9.58. The van der Waals surface area contributed by atoms with Crippen molar-refractivity contribution in [3.63, 3.8) is 0 Å². The van der Waals surface area contributed by atoms with E-state index < -0.39 is 23.7 Å². The summed E-state index contributed by atoms with van der Waals surface area (Å²) in [7, 11) is 3.02. The van der Waals surface area contributed by atoms with Crippen LogP contribution in [0.1, 0.15) is 34.6 Å². The summed E-state index contributed by atoms with van der Waals surface area (Å²) in [6.45, 7) is 1.73. The van der Waals surface area contributed by atoms with Gasteiger partial charge in [0, 0.05) is 5.56 Å². The van der Waals surface area contributed by atoms with E-state index in [1.807, 2.05) is 0 Å².